The fraction of sp³-hybridized carbons (Fsp3) is 0.278. The van der Waals surface area contributed by atoms with Crippen LogP contribution in [-0.2, 0) is 6.54 Å². The van der Waals surface area contributed by atoms with E-state index in [9.17, 15) is 14.3 Å². The Bertz CT molecular complexity index is 753. The average molecular weight is 367 g/mol. The standard InChI is InChI=1S/C18H20ClFN2O3/c1-11(23)9-21-15-5-3-4-13(19)17(15)18(24)22-10-12-6-7-16(25-2)14(20)8-12/h3-8,11,21,23H,9-10H2,1-2H3,(H,22,24). The molecule has 0 saturated carbocycles. The summed E-state index contributed by atoms with van der Waals surface area (Å²) < 4.78 is 18.6. The molecule has 0 aliphatic heterocycles. The van der Waals surface area contributed by atoms with Crippen molar-refractivity contribution < 1.29 is 19.0 Å². The molecule has 2 aromatic rings. The van der Waals surface area contributed by atoms with Gasteiger partial charge in [-0.15, -0.1) is 0 Å². The molecule has 0 aliphatic carbocycles. The van der Waals surface area contributed by atoms with Gasteiger partial charge in [-0.1, -0.05) is 23.7 Å². The van der Waals surface area contributed by atoms with Crippen molar-refractivity contribution in [1.29, 1.82) is 0 Å². The van der Waals surface area contributed by atoms with Gasteiger partial charge >= 0.3 is 0 Å². The van der Waals surface area contributed by atoms with Crippen LogP contribution in [0.4, 0.5) is 10.1 Å². The van der Waals surface area contributed by atoms with Crippen molar-refractivity contribution >= 4 is 23.2 Å². The lowest BCUT2D eigenvalue weighted by molar-refractivity contribution is 0.0951. The van der Waals surface area contributed by atoms with Gasteiger partial charge in [0.05, 0.1) is 23.8 Å². The van der Waals surface area contributed by atoms with Crippen LogP contribution in [-0.4, -0.2) is 30.8 Å². The second kappa shape index (κ2) is 8.69. The lowest BCUT2D eigenvalue weighted by Crippen LogP contribution is -2.25. The molecule has 0 fully saturated rings. The summed E-state index contributed by atoms with van der Waals surface area (Å²) in [6, 6.07) is 9.50. The second-order valence-electron chi connectivity index (χ2n) is 5.54. The van der Waals surface area contributed by atoms with E-state index in [0.29, 0.717) is 11.3 Å². The maximum absolute atomic E-state index is 13.7. The Morgan fingerprint density at radius 3 is 2.76 bits per heavy atom. The van der Waals surface area contributed by atoms with Gasteiger partial charge in [-0.25, -0.2) is 4.39 Å². The van der Waals surface area contributed by atoms with E-state index in [4.69, 9.17) is 16.3 Å². The Kier molecular flexibility index (Phi) is 6.61. The second-order valence-corrected chi connectivity index (χ2v) is 5.95. The van der Waals surface area contributed by atoms with Crippen LogP contribution < -0.4 is 15.4 Å². The fourth-order valence-corrected chi connectivity index (χ4v) is 2.51. The highest BCUT2D eigenvalue weighted by atomic mass is 35.5. The maximum Gasteiger partial charge on any atom is 0.255 e. The number of carbonyl (C=O) groups excluding carboxylic acids is 1. The highest BCUT2D eigenvalue weighted by Crippen LogP contribution is 2.25. The van der Waals surface area contributed by atoms with E-state index in [1.54, 1.807) is 31.2 Å². The fourth-order valence-electron chi connectivity index (χ4n) is 2.25. The van der Waals surface area contributed by atoms with Gasteiger partial charge in [0.2, 0.25) is 0 Å². The Labute approximate surface area is 150 Å². The number of aliphatic hydroxyl groups is 1. The van der Waals surface area contributed by atoms with Gasteiger partial charge < -0.3 is 20.5 Å². The predicted octanol–water partition coefficient (Wildman–Crippen LogP) is 3.21. The normalized spacial score (nSPS) is 11.7. The van der Waals surface area contributed by atoms with E-state index in [-0.39, 0.29) is 29.4 Å². The largest absolute Gasteiger partial charge is 0.494 e. The molecule has 0 saturated heterocycles. The zero-order chi connectivity index (χ0) is 18.4. The molecule has 25 heavy (non-hydrogen) atoms. The van der Waals surface area contributed by atoms with Gasteiger partial charge in [-0.2, -0.15) is 0 Å². The summed E-state index contributed by atoms with van der Waals surface area (Å²) in [5.74, 6) is -0.744. The molecule has 0 spiro atoms. The topological polar surface area (TPSA) is 70.6 Å². The van der Waals surface area contributed by atoms with Gasteiger partial charge in [0, 0.05) is 18.8 Å². The van der Waals surface area contributed by atoms with E-state index >= 15 is 0 Å². The average Bonchev–Trinajstić information content (AvgIpc) is 2.58. The first-order valence-electron chi connectivity index (χ1n) is 7.73. The minimum Gasteiger partial charge on any atom is -0.494 e. The van der Waals surface area contributed by atoms with Crippen molar-refractivity contribution in [2.75, 3.05) is 19.0 Å². The number of carbonyl (C=O) groups is 1. The molecule has 5 nitrogen and oxygen atoms in total. The van der Waals surface area contributed by atoms with E-state index in [2.05, 4.69) is 10.6 Å². The van der Waals surface area contributed by atoms with Gasteiger partial charge in [0.15, 0.2) is 11.6 Å². The van der Waals surface area contributed by atoms with Crippen LogP contribution >= 0.6 is 11.6 Å². The maximum atomic E-state index is 13.7. The van der Waals surface area contributed by atoms with Crippen molar-refractivity contribution in [2.45, 2.75) is 19.6 Å². The number of methoxy groups -OCH3 is 1. The molecule has 2 rings (SSSR count). The monoisotopic (exact) mass is 366 g/mol. The number of ether oxygens (including phenoxy) is 1. The van der Waals surface area contributed by atoms with Gasteiger partial charge in [0.25, 0.3) is 5.91 Å². The summed E-state index contributed by atoms with van der Waals surface area (Å²) in [5.41, 5.74) is 1.39. The van der Waals surface area contributed by atoms with Crippen LogP contribution in [0.15, 0.2) is 36.4 Å². The van der Waals surface area contributed by atoms with Gasteiger partial charge in [-0.05, 0) is 36.8 Å². The molecule has 1 unspecified atom stereocenters. The van der Waals surface area contributed by atoms with Crippen molar-refractivity contribution in [2.24, 2.45) is 0 Å². The molecule has 7 heteroatoms. The molecule has 1 atom stereocenters. The Hall–Kier alpha value is -2.31. The third kappa shape index (κ3) is 5.08. The summed E-state index contributed by atoms with van der Waals surface area (Å²) in [4.78, 5) is 12.5. The molecule has 0 aromatic heterocycles. The first kappa shape index (κ1) is 19.0. The lowest BCUT2D eigenvalue weighted by atomic mass is 10.1. The third-order valence-corrected chi connectivity index (χ3v) is 3.81. The molecular formula is C18H20ClFN2O3. The molecule has 2 aromatic carbocycles. The van der Waals surface area contributed by atoms with Crippen LogP contribution in [0.25, 0.3) is 0 Å². The highest BCUT2D eigenvalue weighted by molar-refractivity contribution is 6.34. The minimum atomic E-state index is -0.572. The quantitative estimate of drug-likeness (QED) is 0.703. The molecule has 134 valence electrons. The summed E-state index contributed by atoms with van der Waals surface area (Å²) in [6.45, 7) is 2.06. The van der Waals surface area contributed by atoms with Gasteiger partial charge in [0.1, 0.15) is 0 Å². The third-order valence-electron chi connectivity index (χ3n) is 3.50. The molecular weight excluding hydrogens is 347 g/mol. The number of hydrogen-bond donors (Lipinski definition) is 3. The molecule has 0 aliphatic rings. The molecule has 0 bridgehead atoms. The number of nitrogens with one attached hydrogen (secondary N) is 2. The zero-order valence-corrected chi connectivity index (χ0v) is 14.7. The van der Waals surface area contributed by atoms with Crippen LogP contribution in [0.2, 0.25) is 5.02 Å². The first-order valence-corrected chi connectivity index (χ1v) is 8.11. The minimum absolute atomic E-state index is 0.140. The summed E-state index contributed by atoms with van der Waals surface area (Å²) >= 11 is 6.15. The SMILES string of the molecule is COc1ccc(CNC(=O)c2c(Cl)cccc2NCC(C)O)cc1F. The van der Waals surface area contributed by atoms with E-state index in [1.165, 1.54) is 19.2 Å². The molecule has 1 amide bonds. The number of amides is 1. The van der Waals surface area contributed by atoms with Crippen LogP contribution in [0.3, 0.4) is 0 Å². The Morgan fingerprint density at radius 1 is 1.36 bits per heavy atom. The smallest absolute Gasteiger partial charge is 0.255 e. The number of rotatable bonds is 7. The van der Waals surface area contributed by atoms with Crippen molar-refractivity contribution in [3.05, 3.63) is 58.4 Å². The molecule has 3 N–H and O–H groups in total. The van der Waals surface area contributed by atoms with Crippen molar-refractivity contribution in [3.63, 3.8) is 0 Å². The van der Waals surface area contributed by atoms with Crippen molar-refractivity contribution in [1.82, 2.24) is 5.32 Å². The number of hydrogen-bond acceptors (Lipinski definition) is 4. The Morgan fingerprint density at radius 2 is 2.12 bits per heavy atom. The predicted molar refractivity (Wildman–Crippen MR) is 95.7 cm³/mol. The Balaban J connectivity index is 2.11. The van der Waals surface area contributed by atoms with E-state index in [0.717, 1.165) is 0 Å². The van der Waals surface area contributed by atoms with Crippen LogP contribution in [0.1, 0.15) is 22.8 Å². The summed E-state index contributed by atoms with van der Waals surface area (Å²) in [6.07, 6.45) is -0.572. The number of benzene rings is 2. The first-order chi connectivity index (χ1) is 11.9. The lowest BCUT2D eigenvalue weighted by Gasteiger charge is -2.15. The van der Waals surface area contributed by atoms with E-state index < -0.39 is 17.8 Å². The summed E-state index contributed by atoms with van der Waals surface area (Å²) in [7, 11) is 1.39. The van der Waals surface area contributed by atoms with Crippen LogP contribution in [0, 0.1) is 5.82 Å². The number of anilines is 1. The van der Waals surface area contributed by atoms with Crippen molar-refractivity contribution in [3.8, 4) is 5.75 Å². The van der Waals surface area contributed by atoms with E-state index in [1.807, 2.05) is 0 Å². The summed E-state index contributed by atoms with van der Waals surface area (Å²) in [5, 5.41) is 15.4. The highest BCUT2D eigenvalue weighted by Gasteiger charge is 2.16. The number of halogens is 2. The van der Waals surface area contributed by atoms with Gasteiger partial charge in [-0.3, -0.25) is 4.79 Å². The van der Waals surface area contributed by atoms with Crippen LogP contribution in [0.5, 0.6) is 5.75 Å². The molecule has 0 radical (unpaired) electrons. The molecule has 0 heterocycles. The zero-order valence-electron chi connectivity index (χ0n) is 14.0. The number of aliphatic hydroxyl groups excluding tert-OH is 1.